The predicted molar refractivity (Wildman–Crippen MR) is 278 cm³/mol. The Morgan fingerprint density at radius 1 is 0.623 bits per heavy atom. The minimum atomic E-state index is -3.07. The molecular weight excluding hydrogens is 1010 g/mol. The molecule has 3 saturated heterocycles. The van der Waals surface area contributed by atoms with E-state index in [1.807, 2.05) is 0 Å². The Bertz CT molecular complexity index is 1600. The summed E-state index contributed by atoms with van der Waals surface area (Å²) in [4.78, 5) is 38.3. The van der Waals surface area contributed by atoms with E-state index in [0.717, 1.165) is 58.3 Å². The van der Waals surface area contributed by atoms with Crippen LogP contribution in [-0.4, -0.2) is 215 Å². The number of carbonyl (C=O) groups is 3. The molecule has 452 valence electrons. The summed E-state index contributed by atoms with van der Waals surface area (Å²) in [6.07, 6.45) is -2.75. The standard InChI is InChI=1S/C54H100N2O21/c1-4-6-8-10-12-14-16-18-19-21-23-25-27-36(61)35(56-41(64)28-26-24-22-20-17-15-13-11-9-7-5-2)33-72-51-46(68)45(67)48(40(32-59)74-51)75-52-47(69)50(44(66)39(31-58)73-52)77-54(53(70)71)29-37(62)42(55-34(3)60)49(76-54)43(65)38(63)30-57/h35-40,42-52,57-59,61-63,65-69H,4-33H2,1-3H3,(H,55,60)(H,56,64)(H,70,71). The van der Waals surface area contributed by atoms with Gasteiger partial charge in [0, 0.05) is 19.8 Å². The van der Waals surface area contributed by atoms with Gasteiger partial charge < -0.3 is 100 Å². The van der Waals surface area contributed by atoms with Crippen LogP contribution in [0.4, 0.5) is 0 Å². The molecule has 0 saturated carbocycles. The normalized spacial score (nSPS) is 31.3. The number of aliphatic carboxylic acids is 1. The highest BCUT2D eigenvalue weighted by Crippen LogP contribution is 2.38. The number of amides is 2. The highest BCUT2D eigenvalue weighted by Gasteiger charge is 2.60. The third-order valence-corrected chi connectivity index (χ3v) is 15.1. The average molecular weight is 1110 g/mol. The molecule has 3 aliphatic heterocycles. The van der Waals surface area contributed by atoms with Crippen molar-refractivity contribution in [1.82, 2.24) is 10.6 Å². The van der Waals surface area contributed by atoms with Gasteiger partial charge >= 0.3 is 5.97 Å². The van der Waals surface area contributed by atoms with E-state index >= 15 is 0 Å². The molecule has 3 fully saturated rings. The van der Waals surface area contributed by atoms with Crippen LogP contribution in [0.3, 0.4) is 0 Å². The van der Waals surface area contributed by atoms with Gasteiger partial charge in [-0.15, -0.1) is 0 Å². The lowest BCUT2D eigenvalue weighted by Crippen LogP contribution is -2.70. The number of nitrogens with one attached hydrogen (secondary N) is 2. The molecule has 0 aromatic rings. The number of ether oxygens (including phenoxy) is 6. The van der Waals surface area contributed by atoms with Gasteiger partial charge in [0.05, 0.1) is 50.7 Å². The van der Waals surface area contributed by atoms with E-state index in [4.69, 9.17) is 28.4 Å². The fraction of sp³-hybridized carbons (Fsp3) is 0.944. The van der Waals surface area contributed by atoms with Crippen molar-refractivity contribution in [1.29, 1.82) is 0 Å². The van der Waals surface area contributed by atoms with Gasteiger partial charge in [0.2, 0.25) is 11.8 Å². The number of aliphatic hydroxyl groups is 11. The van der Waals surface area contributed by atoms with Crippen LogP contribution >= 0.6 is 0 Å². The molecule has 3 rings (SSSR count). The number of carbonyl (C=O) groups excluding carboxylic acids is 2. The van der Waals surface area contributed by atoms with Crippen LogP contribution in [0.15, 0.2) is 0 Å². The Morgan fingerprint density at radius 3 is 1.62 bits per heavy atom. The monoisotopic (exact) mass is 1110 g/mol. The van der Waals surface area contributed by atoms with Crippen LogP contribution in [0.25, 0.3) is 0 Å². The van der Waals surface area contributed by atoms with Crippen LogP contribution in [0.1, 0.15) is 188 Å². The summed E-state index contributed by atoms with van der Waals surface area (Å²) in [5.41, 5.74) is 0. The molecule has 3 heterocycles. The Hall–Kier alpha value is -2.27. The van der Waals surface area contributed by atoms with E-state index in [0.29, 0.717) is 19.3 Å². The summed E-state index contributed by atoms with van der Waals surface area (Å²) in [5.74, 6) is -6.10. The summed E-state index contributed by atoms with van der Waals surface area (Å²) in [5, 5.41) is 135. The predicted octanol–water partition coefficient (Wildman–Crippen LogP) is 1.44. The van der Waals surface area contributed by atoms with Crippen LogP contribution in [0.2, 0.25) is 0 Å². The van der Waals surface area contributed by atoms with Crippen molar-refractivity contribution in [3.05, 3.63) is 0 Å². The SMILES string of the molecule is CCCCCCCCCCCCCCC(O)C(COC1OC(CO)C(OC2OC(CO)C(O)C(OC3(C(=O)O)CC(O)C(NC(C)=O)C(C(O)C(O)CO)O3)C2O)C(O)C1O)NC(=O)CCCCCCCCCCCCC. The molecular formula is C54H100N2O21. The maximum atomic E-state index is 13.3. The van der Waals surface area contributed by atoms with E-state index in [1.165, 1.54) is 83.5 Å². The second-order valence-corrected chi connectivity index (χ2v) is 21.5. The average Bonchev–Trinajstić information content (AvgIpc) is 3.41. The number of carboxylic acid groups (broad SMARTS) is 1. The number of carboxylic acids is 1. The molecule has 0 radical (unpaired) electrons. The Balaban J connectivity index is 1.69. The second-order valence-electron chi connectivity index (χ2n) is 21.5. The first-order chi connectivity index (χ1) is 36.9. The van der Waals surface area contributed by atoms with Crippen molar-refractivity contribution in [2.75, 3.05) is 26.4 Å². The highest BCUT2D eigenvalue weighted by atomic mass is 16.8. The zero-order valence-electron chi connectivity index (χ0n) is 46.1. The Labute approximate surface area is 455 Å². The molecule has 23 heteroatoms. The smallest absolute Gasteiger partial charge is 0.364 e. The third-order valence-electron chi connectivity index (χ3n) is 15.1. The molecule has 0 bridgehead atoms. The quantitative estimate of drug-likeness (QED) is 0.0385. The highest BCUT2D eigenvalue weighted by molar-refractivity contribution is 5.77. The lowest BCUT2D eigenvalue weighted by atomic mass is 9.88. The van der Waals surface area contributed by atoms with E-state index < -0.39 is 148 Å². The molecule has 3 aliphatic rings. The third kappa shape index (κ3) is 22.9. The first kappa shape index (κ1) is 69.0. The van der Waals surface area contributed by atoms with Crippen molar-refractivity contribution in [2.24, 2.45) is 0 Å². The second kappa shape index (κ2) is 37.7. The molecule has 18 atom stereocenters. The summed E-state index contributed by atoms with van der Waals surface area (Å²) in [6, 6.07) is -2.52. The molecule has 14 N–H and O–H groups in total. The Kier molecular flexibility index (Phi) is 33.8. The summed E-state index contributed by atoms with van der Waals surface area (Å²) >= 11 is 0. The van der Waals surface area contributed by atoms with Crippen molar-refractivity contribution in [2.45, 2.75) is 298 Å². The van der Waals surface area contributed by atoms with Crippen LogP contribution < -0.4 is 10.6 Å². The van der Waals surface area contributed by atoms with Crippen molar-refractivity contribution >= 4 is 17.8 Å². The first-order valence-corrected chi connectivity index (χ1v) is 28.9. The van der Waals surface area contributed by atoms with Gasteiger partial charge in [0.25, 0.3) is 5.79 Å². The first-order valence-electron chi connectivity index (χ1n) is 28.9. The number of hydrogen-bond donors (Lipinski definition) is 14. The molecule has 0 aromatic carbocycles. The van der Waals surface area contributed by atoms with Gasteiger partial charge in [0.15, 0.2) is 12.6 Å². The van der Waals surface area contributed by atoms with Crippen molar-refractivity contribution in [3.63, 3.8) is 0 Å². The van der Waals surface area contributed by atoms with E-state index in [1.54, 1.807) is 0 Å². The van der Waals surface area contributed by atoms with Crippen LogP contribution in [-0.2, 0) is 42.8 Å². The molecule has 23 nitrogen and oxygen atoms in total. The van der Waals surface area contributed by atoms with Crippen molar-refractivity contribution < 1.29 is 104 Å². The zero-order valence-corrected chi connectivity index (χ0v) is 46.1. The molecule has 0 spiro atoms. The molecule has 2 amide bonds. The van der Waals surface area contributed by atoms with Crippen LogP contribution in [0, 0.1) is 0 Å². The molecule has 77 heavy (non-hydrogen) atoms. The summed E-state index contributed by atoms with van der Waals surface area (Å²) in [6.45, 7) is 2.13. The largest absolute Gasteiger partial charge is 0.477 e. The lowest BCUT2D eigenvalue weighted by Gasteiger charge is -2.50. The van der Waals surface area contributed by atoms with Gasteiger partial charge in [0.1, 0.15) is 67.1 Å². The van der Waals surface area contributed by atoms with Crippen molar-refractivity contribution in [3.8, 4) is 0 Å². The van der Waals surface area contributed by atoms with E-state index in [-0.39, 0.29) is 18.9 Å². The molecule has 0 aliphatic carbocycles. The van der Waals surface area contributed by atoms with Gasteiger partial charge in [-0.25, -0.2) is 4.79 Å². The van der Waals surface area contributed by atoms with Gasteiger partial charge in [-0.2, -0.15) is 0 Å². The number of aliphatic hydroxyl groups excluding tert-OH is 11. The minimum absolute atomic E-state index is 0.227. The molecule has 18 unspecified atom stereocenters. The number of unbranched alkanes of at least 4 members (excludes halogenated alkanes) is 21. The molecule has 0 aromatic heterocycles. The lowest BCUT2D eigenvalue weighted by molar-refractivity contribution is -0.386. The van der Waals surface area contributed by atoms with Gasteiger partial charge in [-0.05, 0) is 12.8 Å². The van der Waals surface area contributed by atoms with Gasteiger partial charge in [-0.3, -0.25) is 9.59 Å². The van der Waals surface area contributed by atoms with E-state index in [9.17, 15) is 75.7 Å². The van der Waals surface area contributed by atoms with Gasteiger partial charge in [-0.1, -0.05) is 155 Å². The summed E-state index contributed by atoms with van der Waals surface area (Å²) in [7, 11) is 0. The number of rotatable bonds is 41. The summed E-state index contributed by atoms with van der Waals surface area (Å²) < 4.78 is 34.6. The maximum Gasteiger partial charge on any atom is 0.364 e. The number of hydrogen-bond acceptors (Lipinski definition) is 20. The van der Waals surface area contributed by atoms with Crippen LogP contribution in [0.5, 0.6) is 0 Å². The van der Waals surface area contributed by atoms with E-state index in [2.05, 4.69) is 24.5 Å². The zero-order chi connectivity index (χ0) is 56.9. The fourth-order valence-electron chi connectivity index (χ4n) is 10.4. The maximum absolute atomic E-state index is 13.3. The Morgan fingerprint density at radius 2 is 1.13 bits per heavy atom. The fourth-order valence-corrected chi connectivity index (χ4v) is 10.4. The minimum Gasteiger partial charge on any atom is -0.477 e. The topological polar surface area (TPSA) is 373 Å².